The topological polar surface area (TPSA) is 27.1 Å². The predicted octanol–water partition coefficient (Wildman–Crippen LogP) is 11.1. The number of nitrogens with zero attached hydrogens (tertiary/aromatic N) is 2. The number of benzene rings is 8. The molecule has 0 N–H and O–H groups in total. The van der Waals surface area contributed by atoms with Crippen LogP contribution in [0.25, 0.3) is 82.3 Å². The number of hydrogen-bond acceptors (Lipinski definition) is 2. The Bertz CT molecular complexity index is 2590. The van der Waals surface area contributed by atoms with Crippen LogP contribution in [-0.4, -0.2) is 9.55 Å². The highest BCUT2D eigenvalue weighted by Gasteiger charge is 2.27. The van der Waals surface area contributed by atoms with Gasteiger partial charge < -0.3 is 4.74 Å². The highest BCUT2D eigenvalue weighted by atomic mass is 16.5. The van der Waals surface area contributed by atoms with E-state index in [1.807, 2.05) is 24.3 Å². The Labute approximate surface area is 253 Å². The number of imidazole rings is 1. The molecule has 9 aromatic rings. The van der Waals surface area contributed by atoms with Gasteiger partial charge in [-0.05, 0) is 84.5 Å². The fourth-order valence-corrected chi connectivity index (χ4v) is 7.35. The van der Waals surface area contributed by atoms with Crippen molar-refractivity contribution < 1.29 is 4.74 Å². The van der Waals surface area contributed by atoms with Crippen molar-refractivity contribution in [3.05, 3.63) is 146 Å². The van der Waals surface area contributed by atoms with Gasteiger partial charge in [-0.15, -0.1) is 0 Å². The van der Waals surface area contributed by atoms with E-state index in [1.54, 1.807) is 0 Å². The van der Waals surface area contributed by atoms with Crippen molar-refractivity contribution in [3.63, 3.8) is 0 Å². The maximum Gasteiger partial charge on any atom is 0.153 e. The van der Waals surface area contributed by atoms with E-state index in [1.165, 1.54) is 54.2 Å². The Kier molecular flexibility index (Phi) is 4.72. The molecule has 0 bridgehead atoms. The first-order chi connectivity index (χ1) is 21.8. The summed E-state index contributed by atoms with van der Waals surface area (Å²) in [5.74, 6) is 2.58. The molecule has 10 rings (SSSR count). The molecule has 0 saturated carbocycles. The monoisotopic (exact) mass is 560 g/mol. The van der Waals surface area contributed by atoms with E-state index < -0.39 is 0 Å². The van der Waals surface area contributed by atoms with Gasteiger partial charge in [0, 0.05) is 5.56 Å². The highest BCUT2D eigenvalue weighted by Crippen LogP contribution is 2.49. The van der Waals surface area contributed by atoms with Gasteiger partial charge in [-0.2, -0.15) is 0 Å². The van der Waals surface area contributed by atoms with Crippen LogP contribution in [0.2, 0.25) is 0 Å². The number of hydrogen-bond donors (Lipinski definition) is 0. The average molecular weight is 561 g/mol. The molecule has 8 aromatic carbocycles. The number of aromatic nitrogens is 2. The average Bonchev–Trinajstić information content (AvgIpc) is 3.47. The zero-order chi connectivity index (χ0) is 28.8. The number of rotatable bonds is 2. The van der Waals surface area contributed by atoms with Crippen LogP contribution < -0.4 is 4.74 Å². The van der Waals surface area contributed by atoms with Gasteiger partial charge in [0.2, 0.25) is 0 Å². The Balaban J connectivity index is 1.39. The lowest BCUT2D eigenvalue weighted by molar-refractivity contribution is 0.476. The quantitative estimate of drug-likeness (QED) is 0.155. The van der Waals surface area contributed by atoms with Gasteiger partial charge in [0.1, 0.15) is 11.3 Å². The van der Waals surface area contributed by atoms with Gasteiger partial charge in [-0.3, -0.25) is 4.57 Å². The van der Waals surface area contributed by atoms with Crippen molar-refractivity contribution in [2.24, 2.45) is 0 Å². The summed E-state index contributed by atoms with van der Waals surface area (Å²) in [6.07, 6.45) is 0. The lowest BCUT2D eigenvalue weighted by Gasteiger charge is -2.23. The molecule has 2 heterocycles. The van der Waals surface area contributed by atoms with Crippen LogP contribution in [0.3, 0.4) is 0 Å². The molecule has 0 saturated heterocycles. The van der Waals surface area contributed by atoms with Crippen LogP contribution in [0, 0.1) is 0 Å². The molecule has 3 heteroatoms. The molecule has 1 aliphatic rings. The summed E-state index contributed by atoms with van der Waals surface area (Å²) in [6.45, 7) is 0. The van der Waals surface area contributed by atoms with Crippen molar-refractivity contribution in [3.8, 4) is 39.7 Å². The molecule has 0 aliphatic carbocycles. The van der Waals surface area contributed by atoms with Crippen molar-refractivity contribution in [1.29, 1.82) is 0 Å². The van der Waals surface area contributed by atoms with E-state index in [2.05, 4.69) is 126 Å². The third-order valence-electron chi connectivity index (χ3n) is 9.16. The zero-order valence-electron chi connectivity index (χ0n) is 23.7. The lowest BCUT2D eigenvalue weighted by atomic mass is 9.85. The molecule has 204 valence electrons. The third kappa shape index (κ3) is 3.13. The first kappa shape index (κ1) is 23.6. The van der Waals surface area contributed by atoms with E-state index in [0.29, 0.717) is 0 Å². The van der Waals surface area contributed by atoms with Crippen molar-refractivity contribution in [2.45, 2.75) is 0 Å². The van der Waals surface area contributed by atoms with Crippen LogP contribution >= 0.6 is 0 Å². The highest BCUT2D eigenvalue weighted by molar-refractivity contribution is 6.25. The Morgan fingerprint density at radius 3 is 1.77 bits per heavy atom. The summed E-state index contributed by atoms with van der Waals surface area (Å²) >= 11 is 0. The molecule has 0 spiro atoms. The fraction of sp³-hybridized carbons (Fsp3) is 0. The molecule has 0 amide bonds. The fourth-order valence-electron chi connectivity index (χ4n) is 7.35. The summed E-state index contributed by atoms with van der Waals surface area (Å²) in [7, 11) is 0. The summed E-state index contributed by atoms with van der Waals surface area (Å²) in [5.41, 5.74) is 6.55. The SMILES string of the molecule is c1ccc2c(c1)Oc1cccc3nc(-c4c5ccccc5c(-c5cc6ccccc6c6ccccc56)c5ccccc45)n-2c13. The van der Waals surface area contributed by atoms with E-state index in [-0.39, 0.29) is 0 Å². The molecular formula is C41H24N2O. The maximum absolute atomic E-state index is 6.37. The van der Waals surface area contributed by atoms with E-state index in [4.69, 9.17) is 9.72 Å². The van der Waals surface area contributed by atoms with Gasteiger partial charge in [-0.25, -0.2) is 4.98 Å². The smallest absolute Gasteiger partial charge is 0.153 e. The van der Waals surface area contributed by atoms with Gasteiger partial charge in [0.25, 0.3) is 0 Å². The largest absolute Gasteiger partial charge is 0.453 e. The van der Waals surface area contributed by atoms with Gasteiger partial charge >= 0.3 is 0 Å². The molecular weight excluding hydrogens is 536 g/mol. The molecule has 44 heavy (non-hydrogen) atoms. The predicted molar refractivity (Wildman–Crippen MR) is 182 cm³/mol. The minimum Gasteiger partial charge on any atom is -0.453 e. The summed E-state index contributed by atoms with van der Waals surface area (Å²) in [6, 6.07) is 51.9. The molecule has 3 nitrogen and oxygen atoms in total. The zero-order valence-corrected chi connectivity index (χ0v) is 23.7. The van der Waals surface area contributed by atoms with Crippen LogP contribution in [0.4, 0.5) is 0 Å². The van der Waals surface area contributed by atoms with Gasteiger partial charge in [0.15, 0.2) is 11.5 Å². The van der Waals surface area contributed by atoms with E-state index in [9.17, 15) is 0 Å². The molecule has 0 atom stereocenters. The summed E-state index contributed by atoms with van der Waals surface area (Å²) < 4.78 is 8.66. The van der Waals surface area contributed by atoms with E-state index >= 15 is 0 Å². The molecule has 1 aromatic heterocycles. The van der Waals surface area contributed by atoms with Gasteiger partial charge in [-0.1, -0.05) is 115 Å². The molecule has 1 aliphatic heterocycles. The second-order valence-corrected chi connectivity index (χ2v) is 11.5. The minimum absolute atomic E-state index is 0.827. The number of ether oxygens (including phenoxy) is 1. The van der Waals surface area contributed by atoms with E-state index in [0.717, 1.165) is 39.6 Å². The third-order valence-corrected chi connectivity index (χ3v) is 9.16. The van der Waals surface area contributed by atoms with Crippen molar-refractivity contribution >= 4 is 54.1 Å². The number of fused-ring (bicyclic) bond motifs is 7. The Morgan fingerprint density at radius 2 is 1.02 bits per heavy atom. The molecule has 0 fully saturated rings. The second kappa shape index (κ2) is 8.79. The summed E-state index contributed by atoms with van der Waals surface area (Å²) in [5, 5.41) is 9.82. The maximum atomic E-state index is 6.37. The second-order valence-electron chi connectivity index (χ2n) is 11.5. The van der Waals surface area contributed by atoms with Crippen LogP contribution in [-0.2, 0) is 0 Å². The standard InChI is InChI=1S/C41H24N2O/c1-2-13-26-25(12-1)24-33(28-15-4-3-14-27(26)28)38-29-16-5-7-18-31(29)39(32-19-8-6-17-30(32)38)41-42-34-20-11-23-37-40(34)43(41)35-21-9-10-22-36(35)44-37/h1-24H. The summed E-state index contributed by atoms with van der Waals surface area (Å²) in [4.78, 5) is 5.33. The Morgan fingerprint density at radius 1 is 0.455 bits per heavy atom. The van der Waals surface area contributed by atoms with Crippen LogP contribution in [0.5, 0.6) is 11.5 Å². The van der Waals surface area contributed by atoms with Crippen molar-refractivity contribution in [2.75, 3.05) is 0 Å². The first-order valence-corrected chi connectivity index (χ1v) is 15.0. The molecule has 0 radical (unpaired) electrons. The lowest BCUT2D eigenvalue weighted by Crippen LogP contribution is -2.06. The minimum atomic E-state index is 0.827. The normalized spacial score (nSPS) is 12.3. The van der Waals surface area contributed by atoms with Crippen LogP contribution in [0.1, 0.15) is 0 Å². The number of para-hydroxylation sites is 3. The van der Waals surface area contributed by atoms with Crippen molar-refractivity contribution in [1.82, 2.24) is 9.55 Å². The van der Waals surface area contributed by atoms with Crippen LogP contribution in [0.15, 0.2) is 146 Å². The molecule has 0 unspecified atom stereocenters. The Hall–Kier alpha value is -5.93. The first-order valence-electron chi connectivity index (χ1n) is 15.0. The van der Waals surface area contributed by atoms with Gasteiger partial charge in [0.05, 0.1) is 11.2 Å².